The summed E-state index contributed by atoms with van der Waals surface area (Å²) in [6.07, 6.45) is 0.353. The van der Waals surface area contributed by atoms with Crippen molar-refractivity contribution in [2.24, 2.45) is 5.92 Å². The van der Waals surface area contributed by atoms with Gasteiger partial charge in [-0.3, -0.25) is 14.5 Å². The fourth-order valence-corrected chi connectivity index (χ4v) is 1.78. The van der Waals surface area contributed by atoms with E-state index in [4.69, 9.17) is 0 Å². The van der Waals surface area contributed by atoms with Crippen LogP contribution in [0, 0.1) is 5.92 Å². The number of amides is 2. The van der Waals surface area contributed by atoms with Crippen LogP contribution in [-0.2, 0) is 16.1 Å². The summed E-state index contributed by atoms with van der Waals surface area (Å²) in [5.74, 6) is -0.263. The van der Waals surface area contributed by atoms with Gasteiger partial charge in [0.05, 0.1) is 6.54 Å². The van der Waals surface area contributed by atoms with Crippen LogP contribution in [0.25, 0.3) is 0 Å². The third-order valence-corrected chi connectivity index (χ3v) is 2.65. The molecule has 1 aromatic rings. The molecule has 0 bridgehead atoms. The second-order valence-corrected chi connectivity index (χ2v) is 3.91. The van der Waals surface area contributed by atoms with Crippen LogP contribution < -0.4 is 0 Å². The Hall–Kier alpha value is -1.64. The summed E-state index contributed by atoms with van der Waals surface area (Å²) < 4.78 is 0. The van der Waals surface area contributed by atoms with Gasteiger partial charge in [0, 0.05) is 12.3 Å². The van der Waals surface area contributed by atoms with Crippen molar-refractivity contribution in [1.29, 1.82) is 0 Å². The zero-order chi connectivity index (χ0) is 10.8. The summed E-state index contributed by atoms with van der Waals surface area (Å²) in [5, 5.41) is 0. The third-order valence-electron chi connectivity index (χ3n) is 2.65. The minimum atomic E-state index is -0.152. The maximum Gasteiger partial charge on any atom is 0.232 e. The van der Waals surface area contributed by atoms with Crippen molar-refractivity contribution in [3.8, 4) is 0 Å². The van der Waals surface area contributed by atoms with Crippen molar-refractivity contribution in [2.45, 2.75) is 19.9 Å². The van der Waals surface area contributed by atoms with Crippen molar-refractivity contribution < 1.29 is 9.59 Å². The number of hydrogen-bond acceptors (Lipinski definition) is 2. The zero-order valence-electron chi connectivity index (χ0n) is 8.64. The molecule has 1 atom stereocenters. The van der Waals surface area contributed by atoms with Gasteiger partial charge in [0.15, 0.2) is 0 Å². The lowest BCUT2D eigenvalue weighted by Gasteiger charge is -2.13. The molecular formula is C12H13NO2. The Balaban J connectivity index is 2.13. The first-order valence-corrected chi connectivity index (χ1v) is 5.06. The van der Waals surface area contributed by atoms with Crippen LogP contribution in [0.15, 0.2) is 30.3 Å². The van der Waals surface area contributed by atoms with Crippen molar-refractivity contribution >= 4 is 11.8 Å². The van der Waals surface area contributed by atoms with E-state index >= 15 is 0 Å². The average molecular weight is 203 g/mol. The zero-order valence-corrected chi connectivity index (χ0v) is 8.64. The monoisotopic (exact) mass is 203 g/mol. The lowest BCUT2D eigenvalue weighted by atomic mass is 10.1. The van der Waals surface area contributed by atoms with E-state index in [0.29, 0.717) is 13.0 Å². The fourth-order valence-electron chi connectivity index (χ4n) is 1.78. The highest BCUT2D eigenvalue weighted by atomic mass is 16.2. The minimum Gasteiger partial charge on any atom is -0.278 e. The van der Waals surface area contributed by atoms with Gasteiger partial charge in [0.2, 0.25) is 11.8 Å². The van der Waals surface area contributed by atoms with Crippen molar-refractivity contribution in [3.05, 3.63) is 35.9 Å². The largest absolute Gasteiger partial charge is 0.278 e. The van der Waals surface area contributed by atoms with Crippen LogP contribution in [-0.4, -0.2) is 16.7 Å². The lowest BCUT2D eigenvalue weighted by Crippen LogP contribution is -2.29. The molecule has 1 aromatic carbocycles. The number of nitrogens with zero attached hydrogens (tertiary/aromatic N) is 1. The van der Waals surface area contributed by atoms with Crippen LogP contribution in [0.4, 0.5) is 0 Å². The predicted octanol–water partition coefficient (Wildman–Crippen LogP) is 1.58. The lowest BCUT2D eigenvalue weighted by molar-refractivity contribution is -0.139. The van der Waals surface area contributed by atoms with Crippen LogP contribution >= 0.6 is 0 Å². The Morgan fingerprint density at radius 2 is 1.93 bits per heavy atom. The number of hydrogen-bond donors (Lipinski definition) is 0. The van der Waals surface area contributed by atoms with Gasteiger partial charge in [-0.15, -0.1) is 0 Å². The molecule has 1 saturated heterocycles. The molecule has 1 aliphatic rings. The van der Waals surface area contributed by atoms with Crippen LogP contribution in [0.5, 0.6) is 0 Å². The molecule has 2 rings (SSSR count). The van der Waals surface area contributed by atoms with E-state index in [-0.39, 0.29) is 17.7 Å². The summed E-state index contributed by atoms with van der Waals surface area (Å²) in [5.41, 5.74) is 0.994. The van der Waals surface area contributed by atoms with Gasteiger partial charge >= 0.3 is 0 Å². The number of likely N-dealkylation sites (tertiary alicyclic amines) is 1. The van der Waals surface area contributed by atoms with Crippen molar-refractivity contribution in [3.63, 3.8) is 0 Å². The van der Waals surface area contributed by atoms with Crippen LogP contribution in [0.3, 0.4) is 0 Å². The normalized spacial score (nSPS) is 21.1. The molecule has 2 amide bonds. The quantitative estimate of drug-likeness (QED) is 0.684. The average Bonchev–Trinajstić information content (AvgIpc) is 2.47. The van der Waals surface area contributed by atoms with E-state index in [1.807, 2.05) is 30.3 Å². The molecule has 1 unspecified atom stereocenters. The number of benzene rings is 1. The first-order valence-electron chi connectivity index (χ1n) is 5.06. The van der Waals surface area contributed by atoms with Crippen molar-refractivity contribution in [1.82, 2.24) is 4.90 Å². The second kappa shape index (κ2) is 3.85. The standard InChI is InChI=1S/C12H13NO2/c1-9-7-11(14)13(12(9)15)8-10-5-3-2-4-6-10/h2-6,9H,7-8H2,1H3. The van der Waals surface area contributed by atoms with E-state index < -0.39 is 0 Å². The summed E-state index contributed by atoms with van der Waals surface area (Å²) >= 11 is 0. The number of imide groups is 1. The van der Waals surface area contributed by atoms with Crippen LogP contribution in [0.2, 0.25) is 0 Å². The molecule has 78 valence electrons. The molecule has 0 saturated carbocycles. The Bertz CT molecular complexity index is 386. The number of carbonyl (C=O) groups excluding carboxylic acids is 2. The molecule has 3 heteroatoms. The first-order chi connectivity index (χ1) is 7.18. The van der Waals surface area contributed by atoms with Gasteiger partial charge in [0.25, 0.3) is 0 Å². The number of rotatable bonds is 2. The maximum absolute atomic E-state index is 11.6. The first kappa shape index (κ1) is 9.90. The topological polar surface area (TPSA) is 37.4 Å². The molecule has 0 aliphatic carbocycles. The fraction of sp³-hybridized carbons (Fsp3) is 0.333. The smallest absolute Gasteiger partial charge is 0.232 e. The minimum absolute atomic E-state index is 0.0520. The molecule has 1 aliphatic heterocycles. The second-order valence-electron chi connectivity index (χ2n) is 3.91. The van der Waals surface area contributed by atoms with Gasteiger partial charge in [-0.25, -0.2) is 0 Å². The Kier molecular flexibility index (Phi) is 2.54. The molecule has 0 spiro atoms. The molecular weight excluding hydrogens is 190 g/mol. The molecule has 0 N–H and O–H groups in total. The highest BCUT2D eigenvalue weighted by molar-refractivity contribution is 6.03. The molecule has 1 heterocycles. The molecule has 1 fully saturated rings. The van der Waals surface area contributed by atoms with E-state index in [1.165, 1.54) is 4.90 Å². The van der Waals surface area contributed by atoms with Gasteiger partial charge < -0.3 is 0 Å². The Labute approximate surface area is 88.7 Å². The number of carbonyl (C=O) groups is 2. The summed E-state index contributed by atoms with van der Waals surface area (Å²) in [4.78, 5) is 24.5. The maximum atomic E-state index is 11.6. The molecule has 0 aromatic heterocycles. The van der Waals surface area contributed by atoms with E-state index in [0.717, 1.165) is 5.56 Å². The highest BCUT2D eigenvalue weighted by Crippen LogP contribution is 2.20. The van der Waals surface area contributed by atoms with Gasteiger partial charge in [-0.05, 0) is 5.56 Å². The van der Waals surface area contributed by atoms with Gasteiger partial charge in [0.1, 0.15) is 0 Å². The van der Waals surface area contributed by atoms with E-state index in [2.05, 4.69) is 0 Å². The van der Waals surface area contributed by atoms with E-state index in [1.54, 1.807) is 6.92 Å². The molecule has 3 nitrogen and oxygen atoms in total. The highest BCUT2D eigenvalue weighted by Gasteiger charge is 2.35. The summed E-state index contributed by atoms with van der Waals surface area (Å²) in [7, 11) is 0. The van der Waals surface area contributed by atoms with Gasteiger partial charge in [-0.2, -0.15) is 0 Å². The Morgan fingerprint density at radius 1 is 1.27 bits per heavy atom. The molecule has 15 heavy (non-hydrogen) atoms. The summed E-state index contributed by atoms with van der Waals surface area (Å²) in [6.45, 7) is 2.20. The van der Waals surface area contributed by atoms with Gasteiger partial charge in [-0.1, -0.05) is 37.3 Å². The predicted molar refractivity (Wildman–Crippen MR) is 55.8 cm³/mol. The van der Waals surface area contributed by atoms with Crippen LogP contribution in [0.1, 0.15) is 18.9 Å². The molecule has 0 radical (unpaired) electrons. The SMILES string of the molecule is CC1CC(=O)N(Cc2ccccc2)C1=O. The van der Waals surface area contributed by atoms with E-state index in [9.17, 15) is 9.59 Å². The van der Waals surface area contributed by atoms with Crippen molar-refractivity contribution in [2.75, 3.05) is 0 Å². The third kappa shape index (κ3) is 1.91. The summed E-state index contributed by atoms with van der Waals surface area (Å²) in [6, 6.07) is 9.57. The Morgan fingerprint density at radius 3 is 2.47 bits per heavy atom.